The van der Waals surface area contributed by atoms with E-state index in [1.165, 1.54) is 11.1 Å². The molecule has 1 saturated heterocycles. The first kappa shape index (κ1) is 22.0. The minimum Gasteiger partial charge on any atom is -0.494 e. The highest BCUT2D eigenvalue weighted by Crippen LogP contribution is 2.16. The van der Waals surface area contributed by atoms with E-state index in [-0.39, 0.29) is 30.6 Å². The maximum Gasteiger partial charge on any atom is 0.220 e. The first-order valence-electron chi connectivity index (χ1n) is 10.9. The standard InChI is InChI=1S/C25H32N2O3/c1-3-30-23-9-7-21(8-10-23)24(28)11-12-25(29)26-22-13-15-27(16-14-22)18-20-6-4-5-19(2)17-20/h4-10,17,22H,3,11-16,18H2,1-2H3,(H,26,29). The van der Waals surface area contributed by atoms with Crippen molar-refractivity contribution in [2.75, 3.05) is 19.7 Å². The normalized spacial score (nSPS) is 15.0. The fourth-order valence-corrected chi connectivity index (χ4v) is 3.88. The van der Waals surface area contributed by atoms with E-state index in [0.717, 1.165) is 38.2 Å². The van der Waals surface area contributed by atoms with E-state index in [9.17, 15) is 9.59 Å². The lowest BCUT2D eigenvalue weighted by Crippen LogP contribution is -2.44. The number of rotatable bonds is 9. The summed E-state index contributed by atoms with van der Waals surface area (Å²) in [7, 11) is 0. The molecule has 1 heterocycles. The number of likely N-dealkylation sites (tertiary alicyclic amines) is 1. The Bertz CT molecular complexity index is 840. The maximum absolute atomic E-state index is 12.3. The van der Waals surface area contributed by atoms with Crippen LogP contribution in [0.2, 0.25) is 0 Å². The Morgan fingerprint density at radius 3 is 2.47 bits per heavy atom. The molecule has 2 aromatic carbocycles. The highest BCUT2D eigenvalue weighted by atomic mass is 16.5. The van der Waals surface area contributed by atoms with Crippen LogP contribution in [-0.4, -0.2) is 42.3 Å². The Morgan fingerprint density at radius 1 is 1.07 bits per heavy atom. The molecule has 1 aliphatic rings. The van der Waals surface area contributed by atoms with Crippen LogP contribution in [0.5, 0.6) is 5.75 Å². The number of carbonyl (C=O) groups excluding carboxylic acids is 2. The van der Waals surface area contributed by atoms with Crippen LogP contribution < -0.4 is 10.1 Å². The number of aryl methyl sites for hydroxylation is 1. The lowest BCUT2D eigenvalue weighted by Gasteiger charge is -2.32. The van der Waals surface area contributed by atoms with Gasteiger partial charge in [-0.3, -0.25) is 14.5 Å². The molecule has 0 aromatic heterocycles. The molecule has 2 aromatic rings. The molecule has 30 heavy (non-hydrogen) atoms. The summed E-state index contributed by atoms with van der Waals surface area (Å²) in [5, 5.41) is 3.11. The van der Waals surface area contributed by atoms with Crippen molar-refractivity contribution >= 4 is 11.7 Å². The van der Waals surface area contributed by atoms with Crippen LogP contribution in [0, 0.1) is 6.92 Å². The second-order valence-corrected chi connectivity index (χ2v) is 7.99. The van der Waals surface area contributed by atoms with E-state index >= 15 is 0 Å². The van der Waals surface area contributed by atoms with Crippen LogP contribution >= 0.6 is 0 Å². The van der Waals surface area contributed by atoms with E-state index in [1.807, 2.05) is 6.92 Å². The number of nitrogens with one attached hydrogen (secondary N) is 1. The van der Waals surface area contributed by atoms with Gasteiger partial charge in [0.2, 0.25) is 5.91 Å². The molecule has 1 fully saturated rings. The first-order chi connectivity index (χ1) is 14.5. The van der Waals surface area contributed by atoms with Crippen molar-refractivity contribution in [1.29, 1.82) is 0 Å². The van der Waals surface area contributed by atoms with Gasteiger partial charge < -0.3 is 10.1 Å². The summed E-state index contributed by atoms with van der Waals surface area (Å²) in [5.74, 6) is 0.702. The average Bonchev–Trinajstić information content (AvgIpc) is 2.74. The zero-order chi connectivity index (χ0) is 21.3. The highest BCUT2D eigenvalue weighted by Gasteiger charge is 2.21. The van der Waals surface area contributed by atoms with Crippen LogP contribution in [0.1, 0.15) is 54.1 Å². The Kier molecular flexibility index (Phi) is 8.03. The summed E-state index contributed by atoms with van der Waals surface area (Å²) >= 11 is 0. The number of hydrogen-bond donors (Lipinski definition) is 1. The van der Waals surface area contributed by atoms with Crippen LogP contribution in [-0.2, 0) is 11.3 Å². The quantitative estimate of drug-likeness (QED) is 0.634. The fraction of sp³-hybridized carbons (Fsp3) is 0.440. The zero-order valence-electron chi connectivity index (χ0n) is 18.0. The van der Waals surface area contributed by atoms with Crippen molar-refractivity contribution in [2.45, 2.75) is 52.1 Å². The third kappa shape index (κ3) is 6.70. The topological polar surface area (TPSA) is 58.6 Å². The number of nitrogens with zero attached hydrogens (tertiary/aromatic N) is 1. The van der Waals surface area contributed by atoms with E-state index in [0.29, 0.717) is 12.2 Å². The monoisotopic (exact) mass is 408 g/mol. The van der Waals surface area contributed by atoms with Gasteiger partial charge in [-0.1, -0.05) is 29.8 Å². The number of ether oxygens (including phenoxy) is 1. The zero-order valence-corrected chi connectivity index (χ0v) is 18.0. The predicted molar refractivity (Wildman–Crippen MR) is 119 cm³/mol. The SMILES string of the molecule is CCOc1ccc(C(=O)CCC(=O)NC2CCN(Cc3cccc(C)c3)CC2)cc1. The number of hydrogen-bond acceptors (Lipinski definition) is 4. The predicted octanol–water partition coefficient (Wildman–Crippen LogP) is 4.14. The Hall–Kier alpha value is -2.66. The average molecular weight is 409 g/mol. The third-order valence-electron chi connectivity index (χ3n) is 5.51. The largest absolute Gasteiger partial charge is 0.494 e. The van der Waals surface area contributed by atoms with Gasteiger partial charge in [-0.2, -0.15) is 0 Å². The van der Waals surface area contributed by atoms with E-state index in [1.54, 1.807) is 24.3 Å². The molecular formula is C25H32N2O3. The van der Waals surface area contributed by atoms with Crippen molar-refractivity contribution in [3.63, 3.8) is 0 Å². The summed E-state index contributed by atoms with van der Waals surface area (Å²) in [6.07, 6.45) is 2.36. The van der Waals surface area contributed by atoms with Crippen molar-refractivity contribution in [3.05, 3.63) is 65.2 Å². The summed E-state index contributed by atoms with van der Waals surface area (Å²) in [6, 6.07) is 15.9. The minimum absolute atomic E-state index is 0.0128. The molecule has 5 nitrogen and oxygen atoms in total. The van der Waals surface area contributed by atoms with Gasteiger partial charge in [0.1, 0.15) is 5.75 Å². The van der Waals surface area contributed by atoms with E-state index < -0.39 is 0 Å². The van der Waals surface area contributed by atoms with Crippen LogP contribution in [0.25, 0.3) is 0 Å². The van der Waals surface area contributed by atoms with Crippen LogP contribution in [0.3, 0.4) is 0 Å². The van der Waals surface area contributed by atoms with Crippen molar-refractivity contribution in [2.24, 2.45) is 0 Å². The maximum atomic E-state index is 12.3. The second kappa shape index (κ2) is 10.9. The molecule has 0 unspecified atom stereocenters. The van der Waals surface area contributed by atoms with Crippen LogP contribution in [0.4, 0.5) is 0 Å². The molecule has 1 N–H and O–H groups in total. The molecule has 1 amide bonds. The van der Waals surface area contributed by atoms with E-state index in [2.05, 4.69) is 41.4 Å². The van der Waals surface area contributed by atoms with Gasteiger partial charge in [-0.25, -0.2) is 0 Å². The second-order valence-electron chi connectivity index (χ2n) is 7.99. The molecule has 0 atom stereocenters. The molecule has 0 spiro atoms. The summed E-state index contributed by atoms with van der Waals surface area (Å²) in [6.45, 7) is 7.54. The molecule has 3 rings (SSSR count). The summed E-state index contributed by atoms with van der Waals surface area (Å²) in [5.41, 5.74) is 3.25. The number of Topliss-reactive ketones (excluding diaryl/α,β-unsaturated/α-hetero) is 1. The Balaban J connectivity index is 1.37. The number of piperidine rings is 1. The molecule has 0 saturated carbocycles. The minimum atomic E-state index is -0.0357. The smallest absolute Gasteiger partial charge is 0.220 e. The van der Waals surface area contributed by atoms with Gasteiger partial charge in [0.05, 0.1) is 6.61 Å². The lowest BCUT2D eigenvalue weighted by atomic mass is 10.0. The molecule has 5 heteroatoms. The number of benzene rings is 2. The van der Waals surface area contributed by atoms with Gasteiger partial charge in [-0.05, 0) is 56.5 Å². The lowest BCUT2D eigenvalue weighted by molar-refractivity contribution is -0.122. The molecule has 0 aliphatic carbocycles. The van der Waals surface area contributed by atoms with Gasteiger partial charge in [-0.15, -0.1) is 0 Å². The summed E-state index contributed by atoms with van der Waals surface area (Å²) < 4.78 is 5.39. The molecule has 160 valence electrons. The van der Waals surface area contributed by atoms with E-state index in [4.69, 9.17) is 4.74 Å². The van der Waals surface area contributed by atoms with Crippen molar-refractivity contribution in [3.8, 4) is 5.75 Å². The molecule has 1 aliphatic heterocycles. The van der Waals surface area contributed by atoms with Gasteiger partial charge in [0, 0.05) is 44.1 Å². The van der Waals surface area contributed by atoms with Crippen molar-refractivity contribution < 1.29 is 14.3 Å². The third-order valence-corrected chi connectivity index (χ3v) is 5.51. The number of carbonyl (C=O) groups is 2. The van der Waals surface area contributed by atoms with Gasteiger partial charge in [0.25, 0.3) is 0 Å². The molecule has 0 bridgehead atoms. The number of amides is 1. The van der Waals surface area contributed by atoms with Gasteiger partial charge in [0.15, 0.2) is 5.78 Å². The van der Waals surface area contributed by atoms with Gasteiger partial charge >= 0.3 is 0 Å². The highest BCUT2D eigenvalue weighted by molar-refractivity contribution is 5.98. The van der Waals surface area contributed by atoms with Crippen LogP contribution in [0.15, 0.2) is 48.5 Å². The Labute approximate surface area is 179 Å². The molecular weight excluding hydrogens is 376 g/mol. The number of ketones is 1. The fourth-order valence-electron chi connectivity index (χ4n) is 3.88. The molecule has 0 radical (unpaired) electrons. The first-order valence-corrected chi connectivity index (χ1v) is 10.9. The Morgan fingerprint density at radius 2 is 1.80 bits per heavy atom. The van der Waals surface area contributed by atoms with Crippen molar-refractivity contribution in [1.82, 2.24) is 10.2 Å². The summed E-state index contributed by atoms with van der Waals surface area (Å²) in [4.78, 5) is 27.1.